The highest BCUT2D eigenvalue weighted by Gasteiger charge is 2.49. The first-order valence-corrected chi connectivity index (χ1v) is 7.93. The highest BCUT2D eigenvalue weighted by molar-refractivity contribution is 5.79. The van der Waals surface area contributed by atoms with Crippen molar-refractivity contribution >= 4 is 5.91 Å². The molecule has 1 N–H and O–H groups in total. The number of benzene rings is 1. The summed E-state index contributed by atoms with van der Waals surface area (Å²) in [5.41, 5.74) is -0.587. The molecule has 2 aliphatic rings. The Hall–Kier alpha value is -1.49. The van der Waals surface area contributed by atoms with Crippen LogP contribution in [0.5, 0.6) is 0 Å². The summed E-state index contributed by atoms with van der Waals surface area (Å²) >= 11 is 0. The van der Waals surface area contributed by atoms with Crippen LogP contribution in [-0.2, 0) is 17.0 Å². The highest BCUT2D eigenvalue weighted by Crippen LogP contribution is 2.49. The predicted molar refractivity (Wildman–Crippen MR) is 80.5 cm³/mol. The fourth-order valence-electron chi connectivity index (χ4n) is 3.48. The van der Waals surface area contributed by atoms with Gasteiger partial charge in [0.1, 0.15) is 11.5 Å². The van der Waals surface area contributed by atoms with Crippen molar-refractivity contribution in [3.8, 4) is 0 Å². The Morgan fingerprint density at radius 3 is 2.64 bits per heavy atom. The van der Waals surface area contributed by atoms with E-state index in [1.807, 2.05) is 0 Å². The molecule has 1 aliphatic heterocycles. The van der Waals surface area contributed by atoms with E-state index >= 15 is 0 Å². The van der Waals surface area contributed by atoms with E-state index in [4.69, 9.17) is 0 Å². The first kappa shape index (κ1) is 15.4. The average molecular weight is 308 g/mol. The third kappa shape index (κ3) is 2.86. The van der Waals surface area contributed by atoms with Crippen molar-refractivity contribution in [3.63, 3.8) is 0 Å². The molecule has 1 aliphatic carbocycles. The minimum atomic E-state index is -1.57. The van der Waals surface area contributed by atoms with Crippen molar-refractivity contribution in [3.05, 3.63) is 35.1 Å². The van der Waals surface area contributed by atoms with Gasteiger partial charge in [-0.05, 0) is 50.4 Å². The second kappa shape index (κ2) is 5.95. The van der Waals surface area contributed by atoms with Gasteiger partial charge in [0, 0.05) is 25.1 Å². The largest absolute Gasteiger partial charge is 0.359 e. The molecular weight excluding hydrogens is 286 g/mol. The molecule has 1 aromatic rings. The van der Waals surface area contributed by atoms with E-state index in [9.17, 15) is 13.6 Å². The lowest BCUT2D eigenvalue weighted by Gasteiger charge is -2.40. The zero-order valence-electron chi connectivity index (χ0n) is 12.9. The molecule has 0 atom stereocenters. The van der Waals surface area contributed by atoms with Gasteiger partial charge < -0.3 is 5.32 Å². The summed E-state index contributed by atoms with van der Waals surface area (Å²) in [5, 5.41) is 2.53. The smallest absolute Gasteiger partial charge is 0.223 e. The number of rotatable bonds is 4. The van der Waals surface area contributed by atoms with Crippen LogP contribution in [-0.4, -0.2) is 30.9 Å². The number of likely N-dealkylation sites (tertiary alicyclic amines) is 1. The van der Waals surface area contributed by atoms with Crippen LogP contribution in [0.4, 0.5) is 8.78 Å². The number of amides is 1. The van der Waals surface area contributed by atoms with Crippen molar-refractivity contribution in [1.29, 1.82) is 0 Å². The molecule has 1 heterocycles. The molecule has 1 aromatic carbocycles. The summed E-state index contributed by atoms with van der Waals surface area (Å²) in [6.07, 6.45) is 2.59. The van der Waals surface area contributed by atoms with Crippen molar-refractivity contribution in [2.24, 2.45) is 5.92 Å². The van der Waals surface area contributed by atoms with E-state index in [1.165, 1.54) is 6.07 Å². The van der Waals surface area contributed by atoms with Crippen LogP contribution in [0.3, 0.4) is 0 Å². The van der Waals surface area contributed by atoms with Crippen LogP contribution in [0, 0.1) is 11.7 Å². The first-order valence-electron chi connectivity index (χ1n) is 7.93. The summed E-state index contributed by atoms with van der Waals surface area (Å²) in [6.45, 7) is 2.59. The highest BCUT2D eigenvalue weighted by atomic mass is 19.1. The Bertz CT molecular complexity index is 564. The lowest BCUT2D eigenvalue weighted by Crippen LogP contribution is -2.45. The van der Waals surface area contributed by atoms with Gasteiger partial charge in [-0.2, -0.15) is 0 Å². The first-order chi connectivity index (χ1) is 10.5. The lowest BCUT2D eigenvalue weighted by atomic mass is 9.68. The minimum absolute atomic E-state index is 0.136. The number of halogens is 2. The summed E-state index contributed by atoms with van der Waals surface area (Å²) in [6, 6.07) is 4.68. The van der Waals surface area contributed by atoms with E-state index in [-0.39, 0.29) is 30.5 Å². The maximum Gasteiger partial charge on any atom is 0.223 e. The number of carbonyl (C=O) groups excluding carboxylic acids is 1. The number of alkyl halides is 1. The Morgan fingerprint density at radius 2 is 2.05 bits per heavy atom. The van der Waals surface area contributed by atoms with Gasteiger partial charge in [-0.25, -0.2) is 8.78 Å². The number of nitrogens with one attached hydrogen (secondary N) is 1. The van der Waals surface area contributed by atoms with Crippen molar-refractivity contribution in [2.45, 2.75) is 37.9 Å². The number of hydrogen-bond acceptors (Lipinski definition) is 2. The number of carbonyl (C=O) groups is 1. The summed E-state index contributed by atoms with van der Waals surface area (Å²) in [5.74, 6) is -0.786. The predicted octanol–water partition coefficient (Wildman–Crippen LogP) is 2.74. The van der Waals surface area contributed by atoms with Gasteiger partial charge in [-0.3, -0.25) is 9.69 Å². The van der Waals surface area contributed by atoms with E-state index in [0.717, 1.165) is 25.9 Å². The monoisotopic (exact) mass is 308 g/mol. The fourth-order valence-corrected chi connectivity index (χ4v) is 3.48. The molecule has 1 saturated heterocycles. The maximum absolute atomic E-state index is 14.7. The Morgan fingerprint density at radius 1 is 1.36 bits per heavy atom. The number of hydrogen-bond donors (Lipinski definition) is 1. The molecule has 0 aromatic heterocycles. The summed E-state index contributed by atoms with van der Waals surface area (Å²) < 4.78 is 29.0. The van der Waals surface area contributed by atoms with Gasteiger partial charge in [-0.1, -0.05) is 12.1 Å². The topological polar surface area (TPSA) is 32.3 Å². The molecule has 22 heavy (non-hydrogen) atoms. The van der Waals surface area contributed by atoms with Gasteiger partial charge in [0.05, 0.1) is 0 Å². The van der Waals surface area contributed by atoms with Crippen molar-refractivity contribution < 1.29 is 13.6 Å². The molecule has 1 amide bonds. The summed E-state index contributed by atoms with van der Waals surface area (Å²) in [4.78, 5) is 13.7. The Labute approximate surface area is 129 Å². The van der Waals surface area contributed by atoms with Gasteiger partial charge >= 0.3 is 0 Å². The number of nitrogens with zero attached hydrogens (tertiary/aromatic N) is 1. The SMILES string of the molecule is CNC(=O)[C@H]1C[C@](F)(c2ccc(CN3CCCC3)c(F)c2)C1. The fraction of sp³-hybridized carbons (Fsp3) is 0.588. The minimum Gasteiger partial charge on any atom is -0.359 e. The molecule has 120 valence electrons. The quantitative estimate of drug-likeness (QED) is 0.927. The van der Waals surface area contributed by atoms with Crippen LogP contribution in [0.25, 0.3) is 0 Å². The summed E-state index contributed by atoms with van der Waals surface area (Å²) in [7, 11) is 1.55. The molecule has 2 fully saturated rings. The van der Waals surface area contributed by atoms with Gasteiger partial charge in [0.2, 0.25) is 5.91 Å². The molecule has 0 bridgehead atoms. The Kier molecular flexibility index (Phi) is 4.17. The van der Waals surface area contributed by atoms with Crippen molar-refractivity contribution in [1.82, 2.24) is 10.2 Å². The van der Waals surface area contributed by atoms with Crippen molar-refractivity contribution in [2.75, 3.05) is 20.1 Å². The van der Waals surface area contributed by atoms with E-state index < -0.39 is 5.67 Å². The molecule has 3 rings (SSSR count). The third-order valence-electron chi connectivity index (χ3n) is 4.92. The van der Waals surface area contributed by atoms with Gasteiger partial charge in [0.25, 0.3) is 0 Å². The van der Waals surface area contributed by atoms with Gasteiger partial charge in [0.15, 0.2) is 0 Å². The zero-order valence-corrected chi connectivity index (χ0v) is 12.9. The molecular formula is C17H22F2N2O. The van der Waals surface area contributed by atoms with Crippen LogP contribution in [0.1, 0.15) is 36.8 Å². The molecule has 0 spiro atoms. The van der Waals surface area contributed by atoms with E-state index in [2.05, 4.69) is 10.2 Å². The molecule has 0 radical (unpaired) electrons. The Balaban J connectivity index is 1.68. The van der Waals surface area contributed by atoms with Crippen LogP contribution in [0.15, 0.2) is 18.2 Å². The molecule has 5 heteroatoms. The third-order valence-corrected chi connectivity index (χ3v) is 4.92. The van der Waals surface area contributed by atoms with Crippen LogP contribution < -0.4 is 5.32 Å². The second-order valence-electron chi connectivity index (χ2n) is 6.47. The van der Waals surface area contributed by atoms with Crippen LogP contribution >= 0.6 is 0 Å². The molecule has 1 saturated carbocycles. The standard InChI is InChI=1S/C17H22F2N2O/c1-20-16(22)13-9-17(19,10-13)14-5-4-12(15(18)8-14)11-21-6-2-3-7-21/h4-5,8,13H,2-3,6-7,9-11H2,1H3,(H,20,22)/t13-,17+. The molecule has 0 unspecified atom stereocenters. The van der Waals surface area contributed by atoms with E-state index in [0.29, 0.717) is 17.7 Å². The average Bonchev–Trinajstić information content (AvgIpc) is 2.98. The second-order valence-corrected chi connectivity index (χ2v) is 6.47. The zero-order chi connectivity index (χ0) is 15.7. The van der Waals surface area contributed by atoms with E-state index in [1.54, 1.807) is 19.2 Å². The molecule has 3 nitrogen and oxygen atoms in total. The van der Waals surface area contributed by atoms with Crippen LogP contribution in [0.2, 0.25) is 0 Å². The maximum atomic E-state index is 14.7. The van der Waals surface area contributed by atoms with Gasteiger partial charge in [-0.15, -0.1) is 0 Å². The normalized spacial score (nSPS) is 28.4. The lowest BCUT2D eigenvalue weighted by molar-refractivity contribution is -0.134.